The second-order valence-corrected chi connectivity index (χ2v) is 9.55. The van der Waals surface area contributed by atoms with Crippen molar-refractivity contribution in [2.45, 2.75) is 38.5 Å². The van der Waals surface area contributed by atoms with Crippen LogP contribution in [0.4, 0.5) is 16.3 Å². The van der Waals surface area contributed by atoms with E-state index in [-0.39, 0.29) is 30.4 Å². The largest absolute Gasteiger partial charge is 0.445 e. The summed E-state index contributed by atoms with van der Waals surface area (Å²) in [5.41, 5.74) is 2.37. The number of imidazole rings is 1. The normalized spacial score (nSPS) is 21.9. The van der Waals surface area contributed by atoms with Crippen molar-refractivity contribution in [1.29, 1.82) is 0 Å². The van der Waals surface area contributed by atoms with Gasteiger partial charge in [0.25, 0.3) is 0 Å². The van der Waals surface area contributed by atoms with E-state index in [1.165, 1.54) is 6.20 Å². The Morgan fingerprint density at radius 2 is 2.03 bits per heavy atom. The van der Waals surface area contributed by atoms with Crippen LogP contribution in [0.2, 0.25) is 0 Å². The van der Waals surface area contributed by atoms with E-state index in [1.807, 2.05) is 25.1 Å². The Hall–Kier alpha value is -3.67. The molecule has 186 valence electrons. The van der Waals surface area contributed by atoms with Gasteiger partial charge in [-0.25, -0.2) is 4.79 Å². The first-order valence-electron chi connectivity index (χ1n) is 11.6. The van der Waals surface area contributed by atoms with E-state index in [0.29, 0.717) is 52.1 Å². The summed E-state index contributed by atoms with van der Waals surface area (Å²) in [6.45, 7) is 5.69. The zero-order chi connectivity index (χ0) is 24.7. The maximum Gasteiger partial charge on any atom is 0.415 e. The molecule has 2 amide bonds. The molecule has 35 heavy (non-hydrogen) atoms. The highest BCUT2D eigenvalue weighted by molar-refractivity contribution is 5.95. The van der Waals surface area contributed by atoms with Crippen LogP contribution in [0.25, 0.3) is 0 Å². The van der Waals surface area contributed by atoms with Crippen molar-refractivity contribution >= 4 is 23.5 Å². The monoisotopic (exact) mass is 484 g/mol. The fourth-order valence-electron chi connectivity index (χ4n) is 4.96. The van der Waals surface area contributed by atoms with Crippen molar-refractivity contribution < 1.29 is 24.0 Å². The van der Waals surface area contributed by atoms with Crippen LogP contribution >= 0.6 is 0 Å². The van der Waals surface area contributed by atoms with Crippen LogP contribution in [0.3, 0.4) is 0 Å². The van der Waals surface area contributed by atoms with E-state index in [9.17, 15) is 19.7 Å². The molecule has 12 nitrogen and oxygen atoms in total. The first-order valence-corrected chi connectivity index (χ1v) is 11.6. The molecule has 1 saturated heterocycles. The number of carbonyl (C=O) groups is 2. The Labute approximate surface area is 202 Å². The molecule has 1 aromatic heterocycles. The Balaban J connectivity index is 1.09. The lowest BCUT2D eigenvalue weighted by Gasteiger charge is -2.37. The first kappa shape index (κ1) is 23.1. The van der Waals surface area contributed by atoms with Gasteiger partial charge in [-0.15, -0.1) is 0 Å². The van der Waals surface area contributed by atoms with E-state index in [0.717, 1.165) is 16.8 Å². The first-order chi connectivity index (χ1) is 16.7. The fraction of sp³-hybridized carbons (Fsp3) is 0.522. The van der Waals surface area contributed by atoms with Crippen molar-refractivity contribution in [2.75, 3.05) is 44.7 Å². The molecule has 4 heterocycles. The average molecular weight is 485 g/mol. The van der Waals surface area contributed by atoms with Crippen molar-refractivity contribution in [2.24, 2.45) is 0 Å². The van der Waals surface area contributed by atoms with E-state index >= 15 is 0 Å². The minimum absolute atomic E-state index is 0.110. The van der Waals surface area contributed by atoms with Gasteiger partial charge in [0.2, 0.25) is 5.91 Å². The number of anilines is 1. The van der Waals surface area contributed by atoms with Gasteiger partial charge in [-0.2, -0.15) is 0 Å². The summed E-state index contributed by atoms with van der Waals surface area (Å²) in [5, 5.41) is 10.9. The maximum atomic E-state index is 12.6. The van der Waals surface area contributed by atoms with Crippen molar-refractivity contribution in [3.63, 3.8) is 0 Å². The molecular weight excluding hydrogens is 456 g/mol. The van der Waals surface area contributed by atoms with Gasteiger partial charge in [0.15, 0.2) is 0 Å². The molecule has 12 heteroatoms. The molecule has 1 unspecified atom stereocenters. The van der Waals surface area contributed by atoms with Gasteiger partial charge in [-0.05, 0) is 35.5 Å². The van der Waals surface area contributed by atoms with E-state index < -0.39 is 10.5 Å². The zero-order valence-corrected chi connectivity index (χ0v) is 19.8. The number of hydrogen-bond donors (Lipinski definition) is 0. The van der Waals surface area contributed by atoms with Gasteiger partial charge in [0, 0.05) is 56.9 Å². The standard InChI is InChI=1S/C23H28N6O6/c1-23(15-28-12-19(29(32)33)24-21(28)35-23)14-26-7-9-27(10-8-26)22(31)34-13-16-3-5-18-17(11-16)4-6-20(30)25(18)2/h3,5,11-12H,4,6-10,13-15H2,1-2H3. The van der Waals surface area contributed by atoms with Crippen LogP contribution in [-0.2, 0) is 29.1 Å². The van der Waals surface area contributed by atoms with Gasteiger partial charge in [0.1, 0.15) is 18.4 Å². The number of carbonyl (C=O) groups excluding carboxylic acids is 2. The van der Waals surface area contributed by atoms with E-state index in [4.69, 9.17) is 9.47 Å². The number of aromatic nitrogens is 2. The predicted octanol–water partition coefficient (Wildman–Crippen LogP) is 1.81. The number of rotatable bonds is 5. The lowest BCUT2D eigenvalue weighted by Crippen LogP contribution is -2.53. The summed E-state index contributed by atoms with van der Waals surface area (Å²) >= 11 is 0. The third kappa shape index (κ3) is 4.65. The van der Waals surface area contributed by atoms with E-state index in [2.05, 4.69) is 9.88 Å². The van der Waals surface area contributed by atoms with Crippen molar-refractivity contribution in [3.05, 3.63) is 45.6 Å². The smallest absolute Gasteiger partial charge is 0.415 e. The molecule has 5 rings (SSSR count). The molecule has 1 fully saturated rings. The molecular formula is C23H28N6O6. The zero-order valence-electron chi connectivity index (χ0n) is 19.8. The lowest BCUT2D eigenvalue weighted by atomic mass is 9.99. The molecule has 3 aliphatic heterocycles. The van der Waals surface area contributed by atoms with Gasteiger partial charge in [0.05, 0.1) is 6.54 Å². The third-order valence-electron chi connectivity index (χ3n) is 6.80. The predicted molar refractivity (Wildman–Crippen MR) is 124 cm³/mol. The summed E-state index contributed by atoms with van der Waals surface area (Å²) < 4.78 is 13.1. The quantitative estimate of drug-likeness (QED) is 0.465. The van der Waals surface area contributed by atoms with Crippen molar-refractivity contribution in [3.8, 4) is 6.01 Å². The summed E-state index contributed by atoms with van der Waals surface area (Å²) in [6.07, 6.45) is 2.24. The number of ether oxygens (including phenoxy) is 2. The molecule has 0 bridgehead atoms. The summed E-state index contributed by atoms with van der Waals surface area (Å²) in [6, 6.07) is 6.07. The van der Waals surface area contributed by atoms with Crippen molar-refractivity contribution in [1.82, 2.24) is 19.4 Å². The van der Waals surface area contributed by atoms with Gasteiger partial charge < -0.3 is 29.4 Å². The topological polar surface area (TPSA) is 123 Å². The fourth-order valence-corrected chi connectivity index (χ4v) is 4.96. The Bertz CT molecular complexity index is 1150. The number of piperazine rings is 1. The molecule has 0 radical (unpaired) electrons. The highest BCUT2D eigenvalue weighted by Crippen LogP contribution is 2.32. The molecule has 2 aromatic rings. The second kappa shape index (κ2) is 8.84. The summed E-state index contributed by atoms with van der Waals surface area (Å²) in [4.78, 5) is 44.3. The third-order valence-corrected chi connectivity index (χ3v) is 6.80. The minimum atomic E-state index is -0.536. The average Bonchev–Trinajstić information content (AvgIpc) is 3.35. The van der Waals surface area contributed by atoms with Crippen LogP contribution in [0, 0.1) is 10.1 Å². The minimum Gasteiger partial charge on any atom is -0.445 e. The number of nitro groups is 1. The van der Waals surface area contributed by atoms with Crippen LogP contribution in [0.15, 0.2) is 24.4 Å². The molecule has 1 atom stereocenters. The number of fused-ring (bicyclic) bond motifs is 2. The van der Waals surface area contributed by atoms with Crippen LogP contribution < -0.4 is 9.64 Å². The summed E-state index contributed by atoms with van der Waals surface area (Å²) in [7, 11) is 1.78. The van der Waals surface area contributed by atoms with Gasteiger partial charge in [-0.1, -0.05) is 12.1 Å². The molecule has 3 aliphatic rings. The van der Waals surface area contributed by atoms with Gasteiger partial charge >= 0.3 is 17.9 Å². The lowest BCUT2D eigenvalue weighted by molar-refractivity contribution is -0.389. The Kier molecular flexibility index (Phi) is 5.83. The van der Waals surface area contributed by atoms with Gasteiger partial charge in [-0.3, -0.25) is 14.3 Å². The number of hydrogen-bond acceptors (Lipinski definition) is 8. The maximum absolute atomic E-state index is 12.6. The Morgan fingerprint density at radius 1 is 1.26 bits per heavy atom. The number of benzene rings is 1. The number of nitrogens with zero attached hydrogens (tertiary/aromatic N) is 6. The number of aryl methyl sites for hydroxylation is 1. The van der Waals surface area contributed by atoms with Crippen LogP contribution in [0.5, 0.6) is 6.01 Å². The molecule has 1 aromatic carbocycles. The summed E-state index contributed by atoms with van der Waals surface area (Å²) in [5.74, 6) is -0.105. The van der Waals surface area contributed by atoms with E-state index in [1.54, 1.807) is 21.4 Å². The molecule has 0 spiro atoms. The SMILES string of the molecule is CN1C(=O)CCc2cc(COC(=O)N3CCN(CC4(C)Cn5cc([N+](=O)[O-])nc5O4)CC3)ccc21. The van der Waals surface area contributed by atoms with Crippen LogP contribution in [-0.4, -0.2) is 81.6 Å². The molecule has 0 N–H and O–H groups in total. The highest BCUT2D eigenvalue weighted by Gasteiger charge is 2.42. The second-order valence-electron chi connectivity index (χ2n) is 9.55. The van der Waals surface area contributed by atoms with Crippen LogP contribution in [0.1, 0.15) is 24.5 Å². The molecule has 0 aliphatic carbocycles. The molecule has 0 saturated carbocycles. The highest BCUT2D eigenvalue weighted by atomic mass is 16.6. The number of amides is 2. The Morgan fingerprint density at radius 3 is 2.74 bits per heavy atom.